The van der Waals surface area contributed by atoms with Crippen LogP contribution in [0.5, 0.6) is 5.75 Å². The van der Waals surface area contributed by atoms with Gasteiger partial charge in [0.1, 0.15) is 5.75 Å². The fourth-order valence-corrected chi connectivity index (χ4v) is 1.95. The molecule has 0 unspecified atom stereocenters. The van der Waals surface area contributed by atoms with Crippen LogP contribution >= 0.6 is 0 Å². The quantitative estimate of drug-likeness (QED) is 0.673. The number of hydrogen-bond acceptors (Lipinski definition) is 5. The van der Waals surface area contributed by atoms with E-state index in [0.29, 0.717) is 13.0 Å². The minimum Gasteiger partial charge on any atom is -0.494 e. The Balaban J connectivity index is 2.39. The fraction of sp³-hybridized carbons (Fsp3) is 0.471. The second-order valence-electron chi connectivity index (χ2n) is 5.12. The number of nitrogens with one attached hydrogen (secondary N) is 1. The maximum absolute atomic E-state index is 11.8. The van der Waals surface area contributed by atoms with E-state index in [4.69, 9.17) is 9.47 Å². The van der Waals surface area contributed by atoms with Crippen molar-refractivity contribution in [2.45, 2.75) is 19.8 Å². The molecule has 0 aliphatic heterocycles. The third-order valence-corrected chi connectivity index (χ3v) is 3.31. The van der Waals surface area contributed by atoms with E-state index in [1.165, 1.54) is 19.0 Å². The molecule has 0 atom stereocenters. The first kappa shape index (κ1) is 19.5. The average Bonchev–Trinajstić information content (AvgIpc) is 2.58. The third-order valence-electron chi connectivity index (χ3n) is 3.31. The molecule has 0 aromatic heterocycles. The van der Waals surface area contributed by atoms with Crippen molar-refractivity contribution in [3.05, 3.63) is 29.8 Å². The van der Waals surface area contributed by atoms with Gasteiger partial charge in [-0.3, -0.25) is 14.4 Å². The summed E-state index contributed by atoms with van der Waals surface area (Å²) in [5.74, 6) is -0.441. The highest BCUT2D eigenvalue weighted by Crippen LogP contribution is 2.19. The van der Waals surface area contributed by atoms with Crippen molar-refractivity contribution >= 4 is 17.8 Å². The van der Waals surface area contributed by atoms with Crippen LogP contribution in [-0.4, -0.2) is 56.5 Å². The van der Waals surface area contributed by atoms with Gasteiger partial charge in [0, 0.05) is 20.5 Å². The Bertz CT molecular complexity index is 574. The van der Waals surface area contributed by atoms with Gasteiger partial charge in [0.05, 0.1) is 13.2 Å². The lowest BCUT2D eigenvalue weighted by Crippen LogP contribution is -2.39. The van der Waals surface area contributed by atoms with Crippen molar-refractivity contribution in [3.63, 3.8) is 0 Å². The Morgan fingerprint density at radius 3 is 2.58 bits per heavy atom. The first-order valence-corrected chi connectivity index (χ1v) is 7.78. The number of nitrogens with zero attached hydrogens (tertiary/aromatic N) is 1. The topological polar surface area (TPSA) is 84.9 Å². The summed E-state index contributed by atoms with van der Waals surface area (Å²) < 4.78 is 10.5. The molecule has 1 rings (SSSR count). The fourth-order valence-electron chi connectivity index (χ4n) is 1.95. The van der Waals surface area contributed by atoms with Gasteiger partial charge >= 0.3 is 5.97 Å². The van der Waals surface area contributed by atoms with Gasteiger partial charge in [0.2, 0.25) is 5.91 Å². The van der Waals surface area contributed by atoms with E-state index >= 15 is 0 Å². The van der Waals surface area contributed by atoms with E-state index in [-0.39, 0.29) is 25.5 Å². The molecule has 0 radical (unpaired) electrons. The first-order valence-electron chi connectivity index (χ1n) is 7.78. The smallest absolute Gasteiger partial charge is 0.306 e. The van der Waals surface area contributed by atoms with Gasteiger partial charge in [-0.2, -0.15) is 0 Å². The van der Waals surface area contributed by atoms with Gasteiger partial charge in [-0.1, -0.05) is 18.2 Å². The van der Waals surface area contributed by atoms with Crippen molar-refractivity contribution in [1.82, 2.24) is 10.2 Å². The number of carbonyl (C=O) groups excluding carboxylic acids is 3. The number of rotatable bonds is 9. The van der Waals surface area contributed by atoms with Gasteiger partial charge in [-0.15, -0.1) is 0 Å². The Morgan fingerprint density at radius 2 is 1.92 bits per heavy atom. The van der Waals surface area contributed by atoms with Crippen molar-refractivity contribution in [1.29, 1.82) is 0 Å². The summed E-state index contributed by atoms with van der Waals surface area (Å²) in [6, 6.07) is 7.48. The standard InChI is InChI=1S/C17H24N2O5/c1-4-23-14-8-6-5-7-13(14)9-10-17(22)24-12-16(21)19(3)11-15(20)18-2/h5-8H,4,9-12H2,1-3H3,(H,18,20). The number of amides is 2. The Hall–Kier alpha value is -2.57. The summed E-state index contributed by atoms with van der Waals surface area (Å²) >= 11 is 0. The number of ether oxygens (including phenoxy) is 2. The van der Waals surface area contributed by atoms with Crippen molar-refractivity contribution in [2.24, 2.45) is 0 Å². The van der Waals surface area contributed by atoms with Crippen LogP contribution in [0.1, 0.15) is 18.9 Å². The Kier molecular flexibility index (Phi) is 8.32. The van der Waals surface area contributed by atoms with E-state index < -0.39 is 11.9 Å². The number of hydrogen-bond donors (Lipinski definition) is 1. The molecule has 7 nitrogen and oxygen atoms in total. The zero-order valence-electron chi connectivity index (χ0n) is 14.3. The minimum absolute atomic E-state index is 0.0748. The van der Waals surface area contributed by atoms with Crippen molar-refractivity contribution in [3.8, 4) is 5.75 Å². The van der Waals surface area contributed by atoms with Crippen LogP contribution in [0.25, 0.3) is 0 Å². The predicted molar refractivity (Wildman–Crippen MR) is 88.6 cm³/mol. The molecule has 1 N–H and O–H groups in total. The molecule has 0 heterocycles. The molecule has 0 aliphatic rings. The molecule has 0 aliphatic carbocycles. The van der Waals surface area contributed by atoms with E-state index in [1.54, 1.807) is 0 Å². The second kappa shape index (κ2) is 10.3. The van der Waals surface area contributed by atoms with Gasteiger partial charge < -0.3 is 19.7 Å². The molecule has 2 amide bonds. The summed E-state index contributed by atoms with van der Waals surface area (Å²) in [6.45, 7) is 1.99. The lowest BCUT2D eigenvalue weighted by Gasteiger charge is -2.16. The van der Waals surface area contributed by atoms with Crippen LogP contribution < -0.4 is 10.1 Å². The number of benzene rings is 1. The minimum atomic E-state index is -0.469. The number of carbonyl (C=O) groups is 3. The second-order valence-corrected chi connectivity index (χ2v) is 5.12. The predicted octanol–water partition coefficient (Wildman–Crippen LogP) is 0.766. The van der Waals surface area contributed by atoms with Crippen LogP contribution in [-0.2, 0) is 25.5 Å². The summed E-state index contributed by atoms with van der Waals surface area (Å²) in [5, 5.41) is 2.42. The maximum Gasteiger partial charge on any atom is 0.306 e. The van der Waals surface area contributed by atoms with Crippen LogP contribution in [0.2, 0.25) is 0 Å². The highest BCUT2D eigenvalue weighted by Gasteiger charge is 2.15. The van der Waals surface area contributed by atoms with E-state index in [1.807, 2.05) is 31.2 Å². The highest BCUT2D eigenvalue weighted by atomic mass is 16.5. The van der Waals surface area contributed by atoms with Crippen molar-refractivity contribution in [2.75, 3.05) is 33.9 Å². The molecule has 132 valence electrons. The van der Waals surface area contributed by atoms with Crippen LogP contribution in [0.3, 0.4) is 0 Å². The van der Waals surface area contributed by atoms with E-state index in [0.717, 1.165) is 11.3 Å². The number of aryl methyl sites for hydroxylation is 1. The first-order chi connectivity index (χ1) is 11.5. The van der Waals surface area contributed by atoms with Crippen LogP contribution in [0, 0.1) is 0 Å². The molecular formula is C17H24N2O5. The van der Waals surface area contributed by atoms with Crippen LogP contribution in [0.15, 0.2) is 24.3 Å². The summed E-state index contributed by atoms with van der Waals surface area (Å²) in [7, 11) is 2.96. The van der Waals surface area contributed by atoms with Gasteiger partial charge in [0.15, 0.2) is 6.61 Å². The molecule has 1 aromatic rings. The van der Waals surface area contributed by atoms with E-state index in [9.17, 15) is 14.4 Å². The Labute approximate surface area is 141 Å². The summed E-state index contributed by atoms with van der Waals surface area (Å²) in [5.41, 5.74) is 0.916. The third kappa shape index (κ3) is 6.68. The van der Waals surface area contributed by atoms with Crippen molar-refractivity contribution < 1.29 is 23.9 Å². The SMILES string of the molecule is CCOc1ccccc1CCC(=O)OCC(=O)N(C)CC(=O)NC. The Morgan fingerprint density at radius 1 is 1.21 bits per heavy atom. The zero-order valence-corrected chi connectivity index (χ0v) is 14.3. The molecule has 0 saturated heterocycles. The maximum atomic E-state index is 11.8. The lowest BCUT2D eigenvalue weighted by atomic mass is 10.1. The average molecular weight is 336 g/mol. The largest absolute Gasteiger partial charge is 0.494 e. The number of para-hydroxylation sites is 1. The summed E-state index contributed by atoms with van der Waals surface area (Å²) in [4.78, 5) is 35.9. The molecule has 24 heavy (non-hydrogen) atoms. The molecule has 0 bridgehead atoms. The molecule has 7 heteroatoms. The molecule has 1 aromatic carbocycles. The molecular weight excluding hydrogens is 312 g/mol. The normalized spacial score (nSPS) is 9.96. The molecule has 0 saturated carbocycles. The van der Waals surface area contributed by atoms with Gasteiger partial charge in [-0.25, -0.2) is 0 Å². The number of esters is 1. The lowest BCUT2D eigenvalue weighted by molar-refractivity contribution is -0.151. The number of likely N-dealkylation sites (N-methyl/N-ethyl adjacent to an activating group) is 2. The van der Waals surface area contributed by atoms with Crippen LogP contribution in [0.4, 0.5) is 0 Å². The monoisotopic (exact) mass is 336 g/mol. The molecule has 0 spiro atoms. The van der Waals surface area contributed by atoms with E-state index in [2.05, 4.69) is 5.32 Å². The molecule has 0 fully saturated rings. The summed E-state index contributed by atoms with van der Waals surface area (Å²) in [6.07, 6.45) is 0.619. The van der Waals surface area contributed by atoms with Gasteiger partial charge in [0.25, 0.3) is 5.91 Å². The van der Waals surface area contributed by atoms with Gasteiger partial charge in [-0.05, 0) is 25.0 Å². The highest BCUT2D eigenvalue weighted by molar-refractivity contribution is 5.86. The zero-order chi connectivity index (χ0) is 17.9.